The van der Waals surface area contributed by atoms with Crippen molar-refractivity contribution < 1.29 is 4.39 Å². The average molecular weight is 251 g/mol. The normalized spacial score (nSPS) is 13.1. The minimum Gasteiger partial charge on any atom is -0.324 e. The lowest BCUT2D eigenvalue weighted by atomic mass is 9.83. The highest BCUT2D eigenvalue weighted by Crippen LogP contribution is 2.31. The van der Waals surface area contributed by atoms with Gasteiger partial charge >= 0.3 is 0 Å². The summed E-state index contributed by atoms with van der Waals surface area (Å²) in [5, 5.41) is 0. The van der Waals surface area contributed by atoms with E-state index >= 15 is 0 Å². The molecule has 0 spiro atoms. The summed E-state index contributed by atoms with van der Waals surface area (Å²) in [5.41, 5.74) is 9.55. The molecular weight excluding hydrogens is 225 g/mol. The zero-order valence-corrected chi connectivity index (χ0v) is 12.1. The molecule has 1 aromatic carbocycles. The van der Waals surface area contributed by atoms with Crippen LogP contribution in [0.1, 0.15) is 62.3 Å². The van der Waals surface area contributed by atoms with Crippen molar-refractivity contribution in [2.75, 3.05) is 0 Å². The van der Waals surface area contributed by atoms with Gasteiger partial charge in [0.05, 0.1) is 0 Å². The van der Waals surface area contributed by atoms with Gasteiger partial charge in [0.25, 0.3) is 0 Å². The molecule has 1 nitrogen and oxygen atoms in total. The molecule has 0 radical (unpaired) electrons. The zero-order chi connectivity index (χ0) is 13.7. The quantitative estimate of drug-likeness (QED) is 0.782. The van der Waals surface area contributed by atoms with E-state index < -0.39 is 0 Å². The van der Waals surface area contributed by atoms with Gasteiger partial charge in [0.15, 0.2) is 0 Å². The van der Waals surface area contributed by atoms with Gasteiger partial charge in [-0.2, -0.15) is 0 Å². The van der Waals surface area contributed by atoms with Crippen molar-refractivity contribution in [1.82, 2.24) is 0 Å². The molecule has 0 fully saturated rings. The van der Waals surface area contributed by atoms with E-state index in [1.54, 1.807) is 12.1 Å². The minimum absolute atomic E-state index is 0.0329. The summed E-state index contributed by atoms with van der Waals surface area (Å²) >= 11 is 0. The smallest absolute Gasteiger partial charge is 0.123 e. The lowest BCUT2D eigenvalue weighted by Gasteiger charge is -2.26. The second kappa shape index (κ2) is 6.89. The third-order valence-electron chi connectivity index (χ3n) is 3.72. The van der Waals surface area contributed by atoms with Gasteiger partial charge < -0.3 is 5.73 Å². The fourth-order valence-corrected chi connectivity index (χ4v) is 2.93. The molecule has 0 aromatic heterocycles. The Bertz CT molecular complexity index is 358. The van der Waals surface area contributed by atoms with E-state index in [9.17, 15) is 4.39 Å². The first-order valence-electron chi connectivity index (χ1n) is 7.03. The van der Waals surface area contributed by atoms with Gasteiger partial charge in [-0.05, 0) is 61.4 Å². The Morgan fingerprint density at radius 3 is 1.89 bits per heavy atom. The fourth-order valence-electron chi connectivity index (χ4n) is 2.93. The standard InChI is InChI=1S/C16H26FN/c1-5-7-13(8-6-2)16(18)15-11(3)9-14(17)10-12(15)4/h9-10,13,16H,5-8,18H2,1-4H3. The predicted molar refractivity (Wildman–Crippen MR) is 76.1 cm³/mol. The molecule has 0 saturated carbocycles. The number of hydrogen-bond donors (Lipinski definition) is 1. The molecule has 1 unspecified atom stereocenters. The molecule has 1 atom stereocenters. The molecule has 2 N–H and O–H groups in total. The van der Waals surface area contributed by atoms with Crippen molar-refractivity contribution in [2.45, 2.75) is 59.4 Å². The van der Waals surface area contributed by atoms with Gasteiger partial charge in [0.1, 0.15) is 5.82 Å². The van der Waals surface area contributed by atoms with Crippen molar-refractivity contribution >= 4 is 0 Å². The topological polar surface area (TPSA) is 26.0 Å². The van der Waals surface area contributed by atoms with Crippen LogP contribution in [0, 0.1) is 25.6 Å². The SMILES string of the molecule is CCCC(CCC)C(N)c1c(C)cc(F)cc1C. The Morgan fingerprint density at radius 1 is 1.06 bits per heavy atom. The van der Waals surface area contributed by atoms with Gasteiger partial charge in [-0.3, -0.25) is 0 Å². The molecule has 0 aliphatic rings. The second-order valence-corrected chi connectivity index (χ2v) is 5.32. The first kappa shape index (κ1) is 15.2. The minimum atomic E-state index is -0.163. The lowest BCUT2D eigenvalue weighted by molar-refractivity contribution is 0.366. The van der Waals surface area contributed by atoms with Crippen molar-refractivity contribution in [3.05, 3.63) is 34.6 Å². The van der Waals surface area contributed by atoms with E-state index in [0.29, 0.717) is 5.92 Å². The first-order valence-corrected chi connectivity index (χ1v) is 7.03. The maximum Gasteiger partial charge on any atom is 0.123 e. The number of benzene rings is 1. The van der Waals surface area contributed by atoms with E-state index in [0.717, 1.165) is 42.4 Å². The molecule has 2 heteroatoms. The Labute approximate surface area is 111 Å². The van der Waals surface area contributed by atoms with E-state index in [2.05, 4.69) is 13.8 Å². The van der Waals surface area contributed by atoms with Crippen LogP contribution in [0.3, 0.4) is 0 Å². The van der Waals surface area contributed by atoms with E-state index in [4.69, 9.17) is 5.73 Å². The molecule has 0 saturated heterocycles. The van der Waals surface area contributed by atoms with Crippen molar-refractivity contribution in [1.29, 1.82) is 0 Å². The fraction of sp³-hybridized carbons (Fsp3) is 0.625. The molecule has 0 bridgehead atoms. The summed E-state index contributed by atoms with van der Waals surface area (Å²) in [5.74, 6) is 0.339. The molecule has 1 aromatic rings. The van der Waals surface area contributed by atoms with Crippen LogP contribution in [0.5, 0.6) is 0 Å². The van der Waals surface area contributed by atoms with Crippen LogP contribution >= 0.6 is 0 Å². The monoisotopic (exact) mass is 251 g/mol. The maximum absolute atomic E-state index is 13.3. The van der Waals surface area contributed by atoms with Crippen LogP contribution in [0.4, 0.5) is 4.39 Å². The lowest BCUT2D eigenvalue weighted by Crippen LogP contribution is -2.23. The summed E-state index contributed by atoms with van der Waals surface area (Å²) in [6.07, 6.45) is 4.59. The Kier molecular flexibility index (Phi) is 5.80. The van der Waals surface area contributed by atoms with E-state index in [-0.39, 0.29) is 11.9 Å². The molecule has 18 heavy (non-hydrogen) atoms. The molecule has 0 aliphatic carbocycles. The number of rotatable bonds is 6. The van der Waals surface area contributed by atoms with Crippen LogP contribution in [-0.4, -0.2) is 0 Å². The van der Waals surface area contributed by atoms with Gasteiger partial charge in [0, 0.05) is 6.04 Å². The van der Waals surface area contributed by atoms with E-state index in [1.807, 2.05) is 13.8 Å². The van der Waals surface area contributed by atoms with Crippen LogP contribution in [-0.2, 0) is 0 Å². The van der Waals surface area contributed by atoms with Gasteiger partial charge in [0.2, 0.25) is 0 Å². The Morgan fingerprint density at radius 2 is 1.50 bits per heavy atom. The summed E-state index contributed by atoms with van der Waals surface area (Å²) in [4.78, 5) is 0. The number of halogens is 1. The Balaban J connectivity index is 3.03. The predicted octanol–water partition coefficient (Wildman–Crippen LogP) is 4.66. The van der Waals surface area contributed by atoms with Gasteiger partial charge in [-0.25, -0.2) is 4.39 Å². The molecule has 0 amide bonds. The highest BCUT2D eigenvalue weighted by Gasteiger charge is 2.21. The number of nitrogens with two attached hydrogens (primary N) is 1. The first-order chi connectivity index (χ1) is 8.51. The molecule has 1 rings (SSSR count). The number of aryl methyl sites for hydroxylation is 2. The Hall–Kier alpha value is -0.890. The zero-order valence-electron chi connectivity index (χ0n) is 12.1. The van der Waals surface area contributed by atoms with Crippen molar-refractivity contribution in [3.8, 4) is 0 Å². The van der Waals surface area contributed by atoms with Crippen LogP contribution < -0.4 is 5.73 Å². The average Bonchev–Trinajstić information content (AvgIpc) is 2.27. The summed E-state index contributed by atoms with van der Waals surface area (Å²) in [6, 6.07) is 3.22. The summed E-state index contributed by atoms with van der Waals surface area (Å²) in [6.45, 7) is 8.31. The third-order valence-corrected chi connectivity index (χ3v) is 3.72. The van der Waals surface area contributed by atoms with Crippen molar-refractivity contribution in [3.63, 3.8) is 0 Å². The third kappa shape index (κ3) is 3.55. The van der Waals surface area contributed by atoms with Crippen LogP contribution in [0.25, 0.3) is 0 Å². The summed E-state index contributed by atoms with van der Waals surface area (Å²) < 4.78 is 13.3. The van der Waals surface area contributed by atoms with E-state index in [1.165, 1.54) is 0 Å². The largest absolute Gasteiger partial charge is 0.324 e. The molecule has 102 valence electrons. The second-order valence-electron chi connectivity index (χ2n) is 5.32. The number of hydrogen-bond acceptors (Lipinski definition) is 1. The van der Waals surface area contributed by atoms with Crippen LogP contribution in [0.15, 0.2) is 12.1 Å². The molecule has 0 aliphatic heterocycles. The summed E-state index contributed by atoms with van der Waals surface area (Å²) in [7, 11) is 0. The van der Waals surface area contributed by atoms with Gasteiger partial charge in [-0.1, -0.05) is 26.7 Å². The molecule has 0 heterocycles. The highest BCUT2D eigenvalue weighted by atomic mass is 19.1. The maximum atomic E-state index is 13.3. The van der Waals surface area contributed by atoms with Crippen molar-refractivity contribution in [2.24, 2.45) is 11.7 Å². The molecular formula is C16H26FN. The van der Waals surface area contributed by atoms with Crippen LogP contribution in [0.2, 0.25) is 0 Å². The highest BCUT2D eigenvalue weighted by molar-refractivity contribution is 5.37. The van der Waals surface area contributed by atoms with Gasteiger partial charge in [-0.15, -0.1) is 0 Å².